The summed E-state index contributed by atoms with van der Waals surface area (Å²) in [5, 5.41) is 11.4. The summed E-state index contributed by atoms with van der Waals surface area (Å²) in [6.45, 7) is 9.11. The van der Waals surface area contributed by atoms with E-state index >= 15 is 0 Å². The highest BCUT2D eigenvalue weighted by Gasteiger charge is 2.46. The monoisotopic (exact) mass is 506 g/mol. The van der Waals surface area contributed by atoms with Gasteiger partial charge in [-0.3, -0.25) is 9.59 Å². The van der Waals surface area contributed by atoms with Crippen molar-refractivity contribution in [2.24, 2.45) is 0 Å². The third-order valence-electron chi connectivity index (χ3n) is 6.44. The first-order chi connectivity index (χ1) is 17.7. The SMILES string of the molecule is C=CCOc1ccc(C2C(=C(O)c3ccc4c(c3)CC(C)O4)C(=O)C(=O)N2CCN(C)C)cc1OCC. The van der Waals surface area contributed by atoms with Crippen molar-refractivity contribution in [2.75, 3.05) is 40.4 Å². The van der Waals surface area contributed by atoms with Gasteiger partial charge in [0.1, 0.15) is 24.2 Å². The fourth-order valence-electron chi connectivity index (χ4n) is 4.72. The fraction of sp³-hybridized carbons (Fsp3) is 0.379. The quantitative estimate of drug-likeness (QED) is 0.226. The summed E-state index contributed by atoms with van der Waals surface area (Å²) in [7, 11) is 3.80. The van der Waals surface area contributed by atoms with Crippen molar-refractivity contribution >= 4 is 17.4 Å². The number of benzene rings is 2. The Morgan fingerprint density at radius 3 is 2.68 bits per heavy atom. The molecule has 1 N–H and O–H groups in total. The third-order valence-corrected chi connectivity index (χ3v) is 6.44. The Bertz CT molecular complexity index is 1230. The van der Waals surface area contributed by atoms with Crippen LogP contribution in [-0.4, -0.2) is 73.1 Å². The summed E-state index contributed by atoms with van der Waals surface area (Å²) >= 11 is 0. The lowest BCUT2D eigenvalue weighted by Crippen LogP contribution is -2.35. The van der Waals surface area contributed by atoms with Crippen LogP contribution in [0.25, 0.3) is 5.76 Å². The molecular weight excluding hydrogens is 472 g/mol. The number of ether oxygens (including phenoxy) is 3. The number of fused-ring (bicyclic) bond motifs is 1. The maximum absolute atomic E-state index is 13.3. The molecule has 8 nitrogen and oxygen atoms in total. The van der Waals surface area contributed by atoms with Crippen LogP contribution in [-0.2, 0) is 16.0 Å². The van der Waals surface area contributed by atoms with Gasteiger partial charge in [-0.2, -0.15) is 0 Å². The summed E-state index contributed by atoms with van der Waals surface area (Å²) in [6, 6.07) is 9.88. The molecule has 0 spiro atoms. The molecule has 8 heteroatoms. The second-order valence-corrected chi connectivity index (χ2v) is 9.49. The van der Waals surface area contributed by atoms with Crippen molar-refractivity contribution < 1.29 is 28.9 Å². The maximum atomic E-state index is 13.3. The van der Waals surface area contributed by atoms with Gasteiger partial charge in [0.25, 0.3) is 11.7 Å². The van der Waals surface area contributed by atoms with E-state index in [0.717, 1.165) is 11.3 Å². The first-order valence-electron chi connectivity index (χ1n) is 12.5. The van der Waals surface area contributed by atoms with Gasteiger partial charge in [-0.15, -0.1) is 0 Å². The van der Waals surface area contributed by atoms with Crippen LogP contribution in [0.15, 0.2) is 54.6 Å². The van der Waals surface area contributed by atoms with E-state index < -0.39 is 17.7 Å². The molecule has 2 aromatic rings. The Morgan fingerprint density at radius 1 is 1.19 bits per heavy atom. The molecule has 2 aromatic carbocycles. The van der Waals surface area contributed by atoms with E-state index in [2.05, 4.69) is 6.58 Å². The molecule has 2 atom stereocenters. The predicted octanol–water partition coefficient (Wildman–Crippen LogP) is 3.96. The highest BCUT2D eigenvalue weighted by Crippen LogP contribution is 2.42. The molecular formula is C29H34N2O6. The van der Waals surface area contributed by atoms with E-state index in [1.54, 1.807) is 36.4 Å². The third kappa shape index (κ3) is 5.34. The molecule has 0 saturated carbocycles. The minimum absolute atomic E-state index is 0.0443. The van der Waals surface area contributed by atoms with Crippen molar-refractivity contribution in [3.8, 4) is 17.2 Å². The highest BCUT2D eigenvalue weighted by atomic mass is 16.5. The first kappa shape index (κ1) is 26.3. The zero-order chi connectivity index (χ0) is 26.7. The molecule has 2 aliphatic heterocycles. The topological polar surface area (TPSA) is 88.5 Å². The van der Waals surface area contributed by atoms with Crippen molar-refractivity contribution in [1.82, 2.24) is 9.80 Å². The molecule has 0 aliphatic carbocycles. The maximum Gasteiger partial charge on any atom is 0.295 e. The van der Waals surface area contributed by atoms with Crippen LogP contribution < -0.4 is 14.2 Å². The van der Waals surface area contributed by atoms with E-state index in [1.165, 1.54) is 4.90 Å². The lowest BCUT2D eigenvalue weighted by atomic mass is 9.94. The molecule has 0 bridgehead atoms. The zero-order valence-electron chi connectivity index (χ0n) is 21.8. The van der Waals surface area contributed by atoms with Crippen LogP contribution in [0.5, 0.6) is 17.2 Å². The molecule has 2 unspecified atom stereocenters. The van der Waals surface area contributed by atoms with E-state index in [0.29, 0.717) is 55.4 Å². The minimum Gasteiger partial charge on any atom is -0.507 e. The number of amides is 1. The van der Waals surface area contributed by atoms with Crippen LogP contribution in [0.4, 0.5) is 0 Å². The van der Waals surface area contributed by atoms with Crippen molar-refractivity contribution in [3.05, 3.63) is 71.3 Å². The fourth-order valence-corrected chi connectivity index (χ4v) is 4.72. The summed E-state index contributed by atoms with van der Waals surface area (Å²) in [5.74, 6) is 0.228. The molecule has 1 saturated heterocycles. The van der Waals surface area contributed by atoms with Gasteiger partial charge in [0.2, 0.25) is 0 Å². The van der Waals surface area contributed by atoms with Gasteiger partial charge in [0.05, 0.1) is 18.2 Å². The number of carbonyl (C=O) groups excluding carboxylic acids is 2. The average molecular weight is 507 g/mol. The summed E-state index contributed by atoms with van der Waals surface area (Å²) in [4.78, 5) is 30.0. The van der Waals surface area contributed by atoms with Gasteiger partial charge in [0.15, 0.2) is 11.5 Å². The van der Waals surface area contributed by atoms with Crippen LogP contribution in [0, 0.1) is 0 Å². The number of rotatable bonds is 10. The number of likely N-dealkylation sites (tertiary alicyclic amines) is 1. The number of aliphatic hydroxyl groups is 1. The largest absolute Gasteiger partial charge is 0.507 e. The molecule has 0 radical (unpaired) electrons. The molecule has 1 fully saturated rings. The van der Waals surface area contributed by atoms with E-state index in [9.17, 15) is 14.7 Å². The second kappa shape index (κ2) is 11.1. The Balaban J connectivity index is 1.83. The van der Waals surface area contributed by atoms with Crippen molar-refractivity contribution in [3.63, 3.8) is 0 Å². The van der Waals surface area contributed by atoms with E-state index in [4.69, 9.17) is 14.2 Å². The molecule has 196 valence electrons. The molecule has 0 aromatic heterocycles. The standard InChI is InChI=1S/C29H34N2O6/c1-6-14-36-23-11-8-19(17-24(23)35-7-2)26-25(28(33)29(34)31(26)13-12-30(4)5)27(32)20-9-10-22-21(16-20)15-18(3)37-22/h6,8-11,16-18,26,32H,1,7,12-15H2,2-5H3. The Kier molecular flexibility index (Phi) is 7.88. The lowest BCUT2D eigenvalue weighted by molar-refractivity contribution is -0.140. The molecule has 37 heavy (non-hydrogen) atoms. The molecule has 2 aliphatic rings. The summed E-state index contributed by atoms with van der Waals surface area (Å²) in [5.41, 5.74) is 2.13. The second-order valence-electron chi connectivity index (χ2n) is 9.49. The van der Waals surface area contributed by atoms with Gasteiger partial charge in [-0.1, -0.05) is 18.7 Å². The Morgan fingerprint density at radius 2 is 1.97 bits per heavy atom. The number of hydrogen-bond donors (Lipinski definition) is 1. The Hall–Kier alpha value is -3.78. The van der Waals surface area contributed by atoms with Crippen LogP contribution in [0.1, 0.15) is 36.6 Å². The number of aliphatic hydroxyl groups excluding tert-OH is 1. The van der Waals surface area contributed by atoms with Gasteiger partial charge >= 0.3 is 0 Å². The first-order valence-corrected chi connectivity index (χ1v) is 12.5. The number of ketones is 1. The number of hydrogen-bond acceptors (Lipinski definition) is 7. The minimum atomic E-state index is -0.781. The van der Waals surface area contributed by atoms with Gasteiger partial charge in [-0.05, 0) is 69.4 Å². The average Bonchev–Trinajstić information content (AvgIpc) is 3.36. The van der Waals surface area contributed by atoms with Crippen LogP contribution in [0.3, 0.4) is 0 Å². The summed E-state index contributed by atoms with van der Waals surface area (Å²) < 4.78 is 17.3. The molecule has 2 heterocycles. The van der Waals surface area contributed by atoms with Crippen LogP contribution in [0.2, 0.25) is 0 Å². The molecule has 4 rings (SSSR count). The Labute approximate surface area is 217 Å². The van der Waals surface area contributed by atoms with E-state index in [1.807, 2.05) is 38.9 Å². The van der Waals surface area contributed by atoms with E-state index in [-0.39, 0.29) is 17.4 Å². The zero-order valence-corrected chi connectivity index (χ0v) is 21.8. The van der Waals surface area contributed by atoms with Crippen LogP contribution >= 0.6 is 0 Å². The number of Topliss-reactive ketones (excluding diaryl/α,β-unsaturated/α-hetero) is 1. The van der Waals surface area contributed by atoms with Gasteiger partial charge in [0, 0.05) is 25.1 Å². The summed E-state index contributed by atoms with van der Waals surface area (Å²) in [6.07, 6.45) is 2.39. The lowest BCUT2D eigenvalue weighted by Gasteiger charge is -2.27. The number of likely N-dealkylation sites (N-methyl/N-ethyl adjacent to an activating group) is 1. The van der Waals surface area contributed by atoms with Crippen molar-refractivity contribution in [2.45, 2.75) is 32.4 Å². The number of carbonyl (C=O) groups is 2. The van der Waals surface area contributed by atoms with Crippen molar-refractivity contribution in [1.29, 1.82) is 0 Å². The van der Waals surface area contributed by atoms with Gasteiger partial charge < -0.3 is 29.1 Å². The molecule has 1 amide bonds. The smallest absolute Gasteiger partial charge is 0.295 e. The highest BCUT2D eigenvalue weighted by molar-refractivity contribution is 6.46. The van der Waals surface area contributed by atoms with Gasteiger partial charge in [-0.25, -0.2) is 0 Å². The normalized spacial score (nSPS) is 20.2. The number of nitrogens with zero attached hydrogens (tertiary/aromatic N) is 2. The predicted molar refractivity (Wildman–Crippen MR) is 141 cm³/mol.